The number of rotatable bonds is 2. The van der Waals surface area contributed by atoms with E-state index in [0.717, 1.165) is 22.3 Å². The van der Waals surface area contributed by atoms with Gasteiger partial charge in [-0.2, -0.15) is 0 Å². The van der Waals surface area contributed by atoms with Crippen molar-refractivity contribution in [1.29, 1.82) is 0 Å². The Kier molecular flexibility index (Phi) is 2.34. The maximum atomic E-state index is 5.99. The minimum absolute atomic E-state index is 0.308. The predicted octanol–water partition coefficient (Wildman–Crippen LogP) is 3.66. The molecule has 1 heterocycles. The molecule has 0 radical (unpaired) electrons. The Balaban J connectivity index is 2.02. The van der Waals surface area contributed by atoms with Gasteiger partial charge in [-0.25, -0.2) is 0 Å². The molecule has 0 saturated heterocycles. The highest BCUT2D eigenvalue weighted by molar-refractivity contribution is 5.98. The standard InChI is InChI=1S/C16H21N3/c1-15(2)14(16(15,3)4)19-12-8-7-11(17)13-10(12)6-5-9-18-13/h5-9,14,19H,17H2,1-4H3. The first-order chi connectivity index (χ1) is 8.85. The summed E-state index contributed by atoms with van der Waals surface area (Å²) in [6.07, 6.45) is 1.79. The molecule has 1 aromatic carbocycles. The lowest BCUT2D eigenvalue weighted by atomic mass is 10.0. The highest BCUT2D eigenvalue weighted by Gasteiger charge is 2.64. The van der Waals surface area contributed by atoms with E-state index in [1.807, 2.05) is 12.1 Å². The monoisotopic (exact) mass is 255 g/mol. The Bertz CT molecular complexity index is 629. The minimum Gasteiger partial charge on any atom is -0.397 e. The number of nitrogen functional groups attached to an aromatic ring is 1. The van der Waals surface area contributed by atoms with Crippen LogP contribution in [0.1, 0.15) is 27.7 Å². The van der Waals surface area contributed by atoms with Crippen molar-refractivity contribution in [2.45, 2.75) is 33.7 Å². The van der Waals surface area contributed by atoms with Crippen molar-refractivity contribution in [3.8, 4) is 0 Å². The Morgan fingerprint density at radius 1 is 1.11 bits per heavy atom. The summed E-state index contributed by atoms with van der Waals surface area (Å²) >= 11 is 0. The van der Waals surface area contributed by atoms with Gasteiger partial charge in [0.1, 0.15) is 0 Å². The highest BCUT2D eigenvalue weighted by Crippen LogP contribution is 2.63. The fraction of sp³-hybridized carbons (Fsp3) is 0.438. The number of aromatic nitrogens is 1. The van der Waals surface area contributed by atoms with Gasteiger partial charge in [-0.3, -0.25) is 4.98 Å². The molecule has 0 amide bonds. The molecule has 1 aliphatic rings. The van der Waals surface area contributed by atoms with Crippen molar-refractivity contribution in [3.05, 3.63) is 30.5 Å². The van der Waals surface area contributed by atoms with E-state index in [4.69, 9.17) is 5.73 Å². The molecule has 0 spiro atoms. The van der Waals surface area contributed by atoms with Crippen LogP contribution in [0.3, 0.4) is 0 Å². The van der Waals surface area contributed by atoms with Gasteiger partial charge >= 0.3 is 0 Å². The molecule has 1 saturated carbocycles. The first-order valence-electron chi connectivity index (χ1n) is 6.75. The van der Waals surface area contributed by atoms with Crippen molar-refractivity contribution < 1.29 is 0 Å². The van der Waals surface area contributed by atoms with Gasteiger partial charge in [-0.15, -0.1) is 0 Å². The molecule has 3 N–H and O–H groups in total. The van der Waals surface area contributed by atoms with Crippen LogP contribution in [-0.4, -0.2) is 11.0 Å². The Morgan fingerprint density at radius 3 is 2.42 bits per heavy atom. The maximum absolute atomic E-state index is 5.99. The average molecular weight is 255 g/mol. The molecule has 2 aromatic rings. The zero-order valence-corrected chi connectivity index (χ0v) is 12.0. The lowest BCUT2D eigenvalue weighted by Gasteiger charge is -2.12. The Hall–Kier alpha value is -1.77. The largest absolute Gasteiger partial charge is 0.397 e. The molecule has 0 aliphatic heterocycles. The highest BCUT2D eigenvalue weighted by atomic mass is 15.0. The van der Waals surface area contributed by atoms with Crippen molar-refractivity contribution in [2.24, 2.45) is 10.8 Å². The van der Waals surface area contributed by atoms with E-state index in [9.17, 15) is 0 Å². The van der Waals surface area contributed by atoms with Gasteiger partial charge in [0.05, 0.1) is 11.2 Å². The predicted molar refractivity (Wildman–Crippen MR) is 81.1 cm³/mol. The van der Waals surface area contributed by atoms with Gasteiger partial charge in [0.2, 0.25) is 0 Å². The fourth-order valence-corrected chi connectivity index (χ4v) is 3.03. The zero-order chi connectivity index (χ0) is 13.8. The summed E-state index contributed by atoms with van der Waals surface area (Å²) < 4.78 is 0. The van der Waals surface area contributed by atoms with Crippen LogP contribution in [-0.2, 0) is 0 Å². The minimum atomic E-state index is 0.308. The molecular weight excluding hydrogens is 234 g/mol. The molecule has 0 bridgehead atoms. The second-order valence-electron chi connectivity index (χ2n) is 6.62. The number of fused-ring (bicyclic) bond motifs is 1. The van der Waals surface area contributed by atoms with Gasteiger partial charge in [0.25, 0.3) is 0 Å². The van der Waals surface area contributed by atoms with Crippen molar-refractivity contribution in [1.82, 2.24) is 4.98 Å². The second-order valence-corrected chi connectivity index (χ2v) is 6.62. The number of hydrogen-bond donors (Lipinski definition) is 2. The summed E-state index contributed by atoms with van der Waals surface area (Å²) in [5, 5.41) is 4.77. The van der Waals surface area contributed by atoms with Crippen LogP contribution in [0.4, 0.5) is 11.4 Å². The number of pyridine rings is 1. The molecule has 0 unspecified atom stereocenters. The molecular formula is C16H21N3. The zero-order valence-electron chi connectivity index (χ0n) is 12.0. The third-order valence-electron chi connectivity index (χ3n) is 5.12. The van der Waals surface area contributed by atoms with E-state index >= 15 is 0 Å². The van der Waals surface area contributed by atoms with Gasteiger partial charge in [0.15, 0.2) is 0 Å². The van der Waals surface area contributed by atoms with Crippen molar-refractivity contribution >= 4 is 22.3 Å². The van der Waals surface area contributed by atoms with E-state index in [2.05, 4.69) is 50.1 Å². The summed E-state index contributed by atoms with van der Waals surface area (Å²) in [4.78, 5) is 4.38. The molecule has 0 atom stereocenters. The van der Waals surface area contributed by atoms with Gasteiger partial charge in [-0.1, -0.05) is 27.7 Å². The third-order valence-corrected chi connectivity index (χ3v) is 5.12. The van der Waals surface area contributed by atoms with Crippen molar-refractivity contribution in [2.75, 3.05) is 11.1 Å². The van der Waals surface area contributed by atoms with E-state index in [-0.39, 0.29) is 0 Å². The first-order valence-corrected chi connectivity index (χ1v) is 6.75. The van der Waals surface area contributed by atoms with Gasteiger partial charge in [-0.05, 0) is 35.1 Å². The summed E-state index contributed by atoms with van der Waals surface area (Å²) in [6, 6.07) is 8.50. The van der Waals surface area contributed by atoms with E-state index in [0.29, 0.717) is 16.9 Å². The first kappa shape index (κ1) is 12.3. The quantitative estimate of drug-likeness (QED) is 0.805. The van der Waals surface area contributed by atoms with Crippen LogP contribution in [0.5, 0.6) is 0 Å². The molecule has 3 nitrogen and oxygen atoms in total. The Morgan fingerprint density at radius 2 is 1.79 bits per heavy atom. The Labute approximate surface area is 114 Å². The summed E-state index contributed by atoms with van der Waals surface area (Å²) in [7, 11) is 0. The lowest BCUT2D eigenvalue weighted by Crippen LogP contribution is -2.10. The summed E-state index contributed by atoms with van der Waals surface area (Å²) in [6.45, 7) is 9.23. The van der Waals surface area contributed by atoms with Crippen LogP contribution in [0.15, 0.2) is 30.5 Å². The number of nitrogens with one attached hydrogen (secondary N) is 1. The molecule has 1 aromatic heterocycles. The van der Waals surface area contributed by atoms with E-state index in [1.165, 1.54) is 0 Å². The van der Waals surface area contributed by atoms with E-state index in [1.54, 1.807) is 6.20 Å². The maximum Gasteiger partial charge on any atom is 0.0951 e. The normalized spacial score (nSPS) is 20.4. The number of nitrogens with zero attached hydrogens (tertiary/aromatic N) is 1. The van der Waals surface area contributed by atoms with Gasteiger partial charge < -0.3 is 11.1 Å². The molecule has 100 valence electrons. The van der Waals surface area contributed by atoms with Crippen LogP contribution >= 0.6 is 0 Å². The number of nitrogens with two attached hydrogens (primary N) is 1. The van der Waals surface area contributed by atoms with E-state index < -0.39 is 0 Å². The molecule has 3 heteroatoms. The fourth-order valence-electron chi connectivity index (χ4n) is 3.03. The molecule has 3 rings (SSSR count). The molecule has 1 fully saturated rings. The van der Waals surface area contributed by atoms with Crippen LogP contribution in [0, 0.1) is 10.8 Å². The number of benzene rings is 1. The van der Waals surface area contributed by atoms with Crippen LogP contribution < -0.4 is 11.1 Å². The summed E-state index contributed by atoms with van der Waals surface area (Å²) in [5.74, 6) is 0. The molecule has 19 heavy (non-hydrogen) atoms. The molecule has 1 aliphatic carbocycles. The van der Waals surface area contributed by atoms with Crippen molar-refractivity contribution in [3.63, 3.8) is 0 Å². The lowest BCUT2D eigenvalue weighted by molar-refractivity contribution is 0.457. The average Bonchev–Trinajstić information content (AvgIpc) is 2.75. The van der Waals surface area contributed by atoms with Gasteiger partial charge in [0, 0.05) is 23.3 Å². The second kappa shape index (κ2) is 3.62. The third kappa shape index (κ3) is 1.61. The number of hydrogen-bond acceptors (Lipinski definition) is 3. The number of anilines is 2. The SMILES string of the molecule is CC1(C)C(Nc2ccc(N)c3ncccc23)C1(C)C. The van der Waals surface area contributed by atoms with Crippen LogP contribution in [0.2, 0.25) is 0 Å². The topological polar surface area (TPSA) is 50.9 Å². The smallest absolute Gasteiger partial charge is 0.0951 e. The van der Waals surface area contributed by atoms with Crippen LogP contribution in [0.25, 0.3) is 10.9 Å². The summed E-state index contributed by atoms with van der Waals surface area (Å²) in [5.41, 5.74) is 9.34.